The number of rotatable bonds is 5. The van der Waals surface area contributed by atoms with Gasteiger partial charge in [0.1, 0.15) is 6.04 Å². The maximum absolute atomic E-state index is 13.2. The first-order chi connectivity index (χ1) is 17.6. The highest BCUT2D eigenvalue weighted by Crippen LogP contribution is 2.35. The van der Waals surface area contributed by atoms with Gasteiger partial charge < -0.3 is 5.73 Å². The third kappa shape index (κ3) is 4.79. The van der Waals surface area contributed by atoms with Gasteiger partial charge in [0, 0.05) is 28.6 Å². The number of dihydropyridines is 1. The van der Waals surface area contributed by atoms with Crippen LogP contribution < -0.4 is 11.4 Å². The van der Waals surface area contributed by atoms with Gasteiger partial charge in [0.15, 0.2) is 5.65 Å². The Morgan fingerprint density at radius 1 is 1.05 bits per heavy atom. The SMILES string of the molecule is NC(=O)c1ccc(-c2c(-c3ccc(Cl)cc3)ccn3c(=O)n(CC4=CCC(C(F)(F)F)N=C4)nc23)cc1. The molecule has 0 saturated carbocycles. The molecule has 7 nitrogen and oxygen atoms in total. The molecule has 1 aliphatic rings. The maximum atomic E-state index is 13.2. The summed E-state index contributed by atoms with van der Waals surface area (Å²) in [5.74, 6) is -0.571. The monoisotopic (exact) mass is 525 g/mol. The van der Waals surface area contributed by atoms with Gasteiger partial charge in [-0.2, -0.15) is 13.2 Å². The molecule has 4 aromatic rings. The predicted molar refractivity (Wildman–Crippen MR) is 135 cm³/mol. The van der Waals surface area contributed by atoms with E-state index in [-0.39, 0.29) is 13.0 Å². The zero-order chi connectivity index (χ0) is 26.3. The summed E-state index contributed by atoms with van der Waals surface area (Å²) in [5, 5.41) is 5.10. The summed E-state index contributed by atoms with van der Waals surface area (Å²) in [5.41, 5.74) is 8.94. The van der Waals surface area contributed by atoms with Crippen molar-refractivity contribution in [2.45, 2.75) is 25.2 Å². The average molecular weight is 526 g/mol. The number of primary amides is 1. The van der Waals surface area contributed by atoms with Gasteiger partial charge in [-0.3, -0.25) is 9.79 Å². The molecule has 0 fully saturated rings. The van der Waals surface area contributed by atoms with Crippen LogP contribution in [-0.4, -0.2) is 38.5 Å². The maximum Gasteiger partial charge on any atom is 0.411 e. The lowest BCUT2D eigenvalue weighted by molar-refractivity contribution is -0.146. The molecule has 0 radical (unpaired) electrons. The van der Waals surface area contributed by atoms with Crippen LogP contribution >= 0.6 is 11.6 Å². The minimum absolute atomic E-state index is 0.0368. The quantitative estimate of drug-likeness (QED) is 0.401. The second-order valence-electron chi connectivity index (χ2n) is 8.54. The molecule has 37 heavy (non-hydrogen) atoms. The van der Waals surface area contributed by atoms with Crippen LogP contribution in [0.3, 0.4) is 0 Å². The fourth-order valence-electron chi connectivity index (χ4n) is 4.20. The fraction of sp³-hybridized carbons (Fsp3) is 0.154. The molecule has 0 spiro atoms. The second-order valence-corrected chi connectivity index (χ2v) is 8.97. The number of hydrogen-bond donors (Lipinski definition) is 1. The van der Waals surface area contributed by atoms with E-state index in [2.05, 4.69) is 10.1 Å². The van der Waals surface area contributed by atoms with E-state index in [0.717, 1.165) is 17.3 Å². The first kappa shape index (κ1) is 24.5. The lowest BCUT2D eigenvalue weighted by atomic mass is 9.95. The van der Waals surface area contributed by atoms with Crippen LogP contribution in [0.15, 0.2) is 82.2 Å². The number of fused-ring (bicyclic) bond motifs is 1. The van der Waals surface area contributed by atoms with Gasteiger partial charge >= 0.3 is 11.9 Å². The van der Waals surface area contributed by atoms with Crippen molar-refractivity contribution < 1.29 is 18.0 Å². The molecule has 2 aromatic carbocycles. The molecule has 188 valence electrons. The third-order valence-corrected chi connectivity index (χ3v) is 6.35. The number of aromatic nitrogens is 3. The van der Waals surface area contributed by atoms with E-state index in [1.54, 1.807) is 48.7 Å². The highest BCUT2D eigenvalue weighted by atomic mass is 35.5. The van der Waals surface area contributed by atoms with E-state index < -0.39 is 23.8 Å². The largest absolute Gasteiger partial charge is 0.411 e. The molecule has 1 atom stereocenters. The predicted octanol–water partition coefficient (Wildman–Crippen LogP) is 4.91. The number of halogens is 4. The normalized spacial score (nSPS) is 15.7. The zero-order valence-electron chi connectivity index (χ0n) is 19.1. The molecule has 3 heterocycles. The Balaban J connectivity index is 1.62. The summed E-state index contributed by atoms with van der Waals surface area (Å²) < 4.78 is 41.3. The van der Waals surface area contributed by atoms with Crippen LogP contribution in [-0.2, 0) is 6.54 Å². The minimum atomic E-state index is -4.42. The van der Waals surface area contributed by atoms with Crippen LogP contribution in [0.5, 0.6) is 0 Å². The summed E-state index contributed by atoms with van der Waals surface area (Å²) in [4.78, 5) is 28.3. The molecule has 2 aromatic heterocycles. The van der Waals surface area contributed by atoms with Crippen molar-refractivity contribution in [1.82, 2.24) is 14.2 Å². The van der Waals surface area contributed by atoms with E-state index >= 15 is 0 Å². The van der Waals surface area contributed by atoms with E-state index in [1.165, 1.54) is 15.2 Å². The highest BCUT2D eigenvalue weighted by Gasteiger charge is 2.39. The van der Waals surface area contributed by atoms with Crippen molar-refractivity contribution in [3.05, 3.63) is 93.5 Å². The second kappa shape index (κ2) is 9.36. The van der Waals surface area contributed by atoms with Gasteiger partial charge in [-0.25, -0.2) is 13.9 Å². The number of hydrogen-bond acceptors (Lipinski definition) is 4. The number of pyridine rings is 1. The Morgan fingerprint density at radius 2 is 1.73 bits per heavy atom. The van der Waals surface area contributed by atoms with Crippen LogP contribution in [0.4, 0.5) is 13.2 Å². The summed E-state index contributed by atoms with van der Waals surface area (Å²) in [7, 11) is 0. The Kier molecular flexibility index (Phi) is 6.20. The molecule has 0 aliphatic carbocycles. The number of benzene rings is 2. The van der Waals surface area contributed by atoms with Gasteiger partial charge in [0.25, 0.3) is 0 Å². The van der Waals surface area contributed by atoms with Crippen LogP contribution in [0, 0.1) is 0 Å². The van der Waals surface area contributed by atoms with E-state index in [1.807, 2.05) is 12.1 Å². The van der Waals surface area contributed by atoms with Gasteiger partial charge in [-0.05, 0) is 59.0 Å². The number of allylic oxidation sites excluding steroid dienone is 1. The van der Waals surface area contributed by atoms with Gasteiger partial charge in [0.2, 0.25) is 5.91 Å². The fourth-order valence-corrected chi connectivity index (χ4v) is 4.32. The third-order valence-electron chi connectivity index (χ3n) is 6.10. The first-order valence-corrected chi connectivity index (χ1v) is 11.6. The average Bonchev–Trinajstić information content (AvgIpc) is 3.19. The molecule has 0 bridgehead atoms. The van der Waals surface area contributed by atoms with Crippen molar-refractivity contribution >= 4 is 29.4 Å². The molecule has 5 rings (SSSR count). The number of carbonyl (C=O) groups excluding carboxylic acids is 1. The zero-order valence-corrected chi connectivity index (χ0v) is 19.9. The first-order valence-electron chi connectivity index (χ1n) is 11.2. The smallest absolute Gasteiger partial charge is 0.366 e. The van der Waals surface area contributed by atoms with Gasteiger partial charge in [-0.15, -0.1) is 5.10 Å². The molecular formula is C26H19ClF3N5O2. The van der Waals surface area contributed by atoms with Crippen molar-refractivity contribution in [3.8, 4) is 22.3 Å². The minimum Gasteiger partial charge on any atom is -0.366 e. The number of alkyl halides is 3. The van der Waals surface area contributed by atoms with Crippen LogP contribution in [0.25, 0.3) is 27.9 Å². The Morgan fingerprint density at radius 3 is 2.32 bits per heavy atom. The van der Waals surface area contributed by atoms with Gasteiger partial charge in [-0.1, -0.05) is 41.9 Å². The summed E-state index contributed by atoms with van der Waals surface area (Å²) >= 11 is 6.07. The Hall–Kier alpha value is -4.18. The van der Waals surface area contributed by atoms with Crippen molar-refractivity contribution in [2.24, 2.45) is 10.7 Å². The topological polar surface area (TPSA) is 94.8 Å². The number of nitrogens with two attached hydrogens (primary N) is 1. The molecule has 2 N–H and O–H groups in total. The lowest BCUT2D eigenvalue weighted by Crippen LogP contribution is -2.29. The number of carbonyl (C=O) groups is 1. The molecule has 11 heteroatoms. The number of nitrogens with zero attached hydrogens (tertiary/aromatic N) is 4. The van der Waals surface area contributed by atoms with Crippen molar-refractivity contribution in [3.63, 3.8) is 0 Å². The highest BCUT2D eigenvalue weighted by molar-refractivity contribution is 6.30. The lowest BCUT2D eigenvalue weighted by Gasteiger charge is -2.18. The van der Waals surface area contributed by atoms with Crippen LogP contribution in [0.2, 0.25) is 5.02 Å². The molecule has 1 aliphatic heterocycles. The molecular weight excluding hydrogens is 507 g/mol. The standard InChI is InChI=1S/C26H19ClF3N5O2/c27-19-8-6-16(7-9-19)20-11-12-34-24(22(20)17-2-4-18(5-3-17)23(31)36)33-35(25(34)37)14-15-1-10-21(32-13-15)26(28,29)30/h1-9,11-13,21H,10,14H2,(H2,31,36). The van der Waals surface area contributed by atoms with E-state index in [9.17, 15) is 22.8 Å². The van der Waals surface area contributed by atoms with Crippen molar-refractivity contribution in [1.29, 1.82) is 0 Å². The summed E-state index contributed by atoms with van der Waals surface area (Å²) in [6, 6.07) is 13.8. The van der Waals surface area contributed by atoms with E-state index in [0.29, 0.717) is 32.9 Å². The molecule has 1 amide bonds. The molecule has 0 saturated heterocycles. The Labute approximate surface area is 213 Å². The van der Waals surface area contributed by atoms with Crippen molar-refractivity contribution in [2.75, 3.05) is 0 Å². The number of aliphatic imine (C=N–C) groups is 1. The molecule has 1 unspecified atom stereocenters. The Bertz CT molecular complexity index is 1620. The van der Waals surface area contributed by atoms with Crippen LogP contribution in [0.1, 0.15) is 16.8 Å². The van der Waals surface area contributed by atoms with Gasteiger partial charge in [0.05, 0.1) is 6.54 Å². The summed E-state index contributed by atoms with van der Waals surface area (Å²) in [6.45, 7) is -0.0368. The number of amides is 1. The summed E-state index contributed by atoms with van der Waals surface area (Å²) in [6.07, 6.45) is -0.564. The van der Waals surface area contributed by atoms with E-state index in [4.69, 9.17) is 17.3 Å².